The van der Waals surface area contributed by atoms with Crippen LogP contribution in [0.25, 0.3) is 21.9 Å². The second kappa shape index (κ2) is 13.2. The summed E-state index contributed by atoms with van der Waals surface area (Å²) in [7, 11) is 1.78. The van der Waals surface area contributed by atoms with Crippen LogP contribution in [0.4, 0.5) is 0 Å². The molecule has 1 aliphatic carbocycles. The molecule has 192 valence electrons. The minimum atomic E-state index is 0.0825. The SMILES string of the molecule is C=C(CO)CC(COC)C1CCC(c2ccc(-c3ccc4cc(CCCCC)ccc4c3)cc2)CC1. The first-order valence-corrected chi connectivity index (χ1v) is 14.0. The van der Waals surface area contributed by atoms with Crippen LogP contribution < -0.4 is 0 Å². The lowest BCUT2D eigenvalue weighted by Crippen LogP contribution is -2.25. The second-order valence-electron chi connectivity index (χ2n) is 10.9. The molecule has 2 heteroatoms. The van der Waals surface area contributed by atoms with Crippen LogP contribution in [0.2, 0.25) is 0 Å². The summed E-state index contributed by atoms with van der Waals surface area (Å²) in [6, 6.07) is 23.2. The molecule has 0 radical (unpaired) electrons. The van der Waals surface area contributed by atoms with Crippen molar-refractivity contribution in [3.8, 4) is 11.1 Å². The average molecular weight is 485 g/mol. The van der Waals surface area contributed by atoms with Crippen molar-refractivity contribution >= 4 is 10.8 Å². The van der Waals surface area contributed by atoms with Crippen molar-refractivity contribution in [1.29, 1.82) is 0 Å². The lowest BCUT2D eigenvalue weighted by Gasteiger charge is -2.34. The maximum Gasteiger partial charge on any atom is 0.0639 e. The molecule has 1 unspecified atom stereocenters. The molecular formula is C34H44O2. The summed E-state index contributed by atoms with van der Waals surface area (Å²) in [5, 5.41) is 12.1. The zero-order valence-corrected chi connectivity index (χ0v) is 22.3. The van der Waals surface area contributed by atoms with Gasteiger partial charge in [-0.1, -0.05) is 86.5 Å². The van der Waals surface area contributed by atoms with Crippen LogP contribution in [0.1, 0.15) is 75.3 Å². The highest BCUT2D eigenvalue weighted by Crippen LogP contribution is 2.41. The van der Waals surface area contributed by atoms with E-state index in [0.29, 0.717) is 17.8 Å². The average Bonchev–Trinajstić information content (AvgIpc) is 2.93. The largest absolute Gasteiger partial charge is 0.392 e. The van der Waals surface area contributed by atoms with Crippen LogP contribution in [-0.2, 0) is 11.2 Å². The Kier molecular flexibility index (Phi) is 9.78. The van der Waals surface area contributed by atoms with Gasteiger partial charge < -0.3 is 9.84 Å². The number of ether oxygens (including phenoxy) is 1. The summed E-state index contributed by atoms with van der Waals surface area (Å²) in [4.78, 5) is 0. The van der Waals surface area contributed by atoms with Crippen molar-refractivity contribution in [2.24, 2.45) is 11.8 Å². The molecule has 2 nitrogen and oxygen atoms in total. The Morgan fingerprint density at radius 2 is 1.61 bits per heavy atom. The monoisotopic (exact) mass is 484 g/mol. The van der Waals surface area contributed by atoms with E-state index in [1.54, 1.807) is 7.11 Å². The van der Waals surface area contributed by atoms with Gasteiger partial charge in [-0.15, -0.1) is 0 Å². The molecule has 4 rings (SSSR count). The van der Waals surface area contributed by atoms with Crippen molar-refractivity contribution in [3.63, 3.8) is 0 Å². The fraction of sp³-hybridized carbons (Fsp3) is 0.471. The molecule has 0 bridgehead atoms. The molecule has 1 N–H and O–H groups in total. The van der Waals surface area contributed by atoms with Gasteiger partial charge in [0.05, 0.1) is 6.61 Å². The van der Waals surface area contributed by atoms with Crippen molar-refractivity contribution < 1.29 is 9.84 Å². The molecule has 1 fully saturated rings. The third kappa shape index (κ3) is 6.87. The van der Waals surface area contributed by atoms with Gasteiger partial charge in [0.2, 0.25) is 0 Å². The summed E-state index contributed by atoms with van der Waals surface area (Å²) in [5.41, 5.74) is 6.44. The topological polar surface area (TPSA) is 29.5 Å². The quantitative estimate of drug-likeness (QED) is 0.206. The number of hydrogen-bond donors (Lipinski definition) is 1. The number of aryl methyl sites for hydroxylation is 1. The van der Waals surface area contributed by atoms with Gasteiger partial charge in [-0.3, -0.25) is 0 Å². The molecule has 0 aliphatic heterocycles. The van der Waals surface area contributed by atoms with Crippen molar-refractivity contribution in [2.75, 3.05) is 20.3 Å². The summed E-state index contributed by atoms with van der Waals surface area (Å²) < 4.78 is 5.50. The van der Waals surface area contributed by atoms with Crippen LogP contribution in [0.15, 0.2) is 72.8 Å². The van der Waals surface area contributed by atoms with Gasteiger partial charge in [0.15, 0.2) is 0 Å². The number of aliphatic hydroxyl groups is 1. The van der Waals surface area contributed by atoms with Gasteiger partial charge in [-0.25, -0.2) is 0 Å². The fourth-order valence-electron chi connectivity index (χ4n) is 6.09. The van der Waals surface area contributed by atoms with Gasteiger partial charge in [-0.2, -0.15) is 0 Å². The molecule has 0 heterocycles. The van der Waals surface area contributed by atoms with Gasteiger partial charge >= 0.3 is 0 Å². The highest BCUT2D eigenvalue weighted by molar-refractivity contribution is 5.87. The van der Waals surface area contributed by atoms with Crippen LogP contribution in [-0.4, -0.2) is 25.4 Å². The molecule has 0 spiro atoms. The minimum Gasteiger partial charge on any atom is -0.392 e. The maximum absolute atomic E-state index is 9.40. The Labute approximate surface area is 218 Å². The normalized spacial score (nSPS) is 18.9. The van der Waals surface area contributed by atoms with Crippen LogP contribution in [0, 0.1) is 11.8 Å². The molecule has 1 aliphatic rings. The van der Waals surface area contributed by atoms with Crippen LogP contribution in [0.3, 0.4) is 0 Å². The van der Waals surface area contributed by atoms with Gasteiger partial charge in [0, 0.05) is 13.7 Å². The third-order valence-electron chi connectivity index (χ3n) is 8.28. The molecule has 0 amide bonds. The molecule has 1 atom stereocenters. The number of hydrogen-bond acceptors (Lipinski definition) is 2. The number of unbranched alkanes of at least 4 members (excludes halogenated alkanes) is 2. The number of aliphatic hydroxyl groups excluding tert-OH is 1. The minimum absolute atomic E-state index is 0.0825. The van der Waals surface area contributed by atoms with Crippen LogP contribution in [0.5, 0.6) is 0 Å². The zero-order chi connectivity index (χ0) is 25.3. The van der Waals surface area contributed by atoms with E-state index in [9.17, 15) is 5.11 Å². The van der Waals surface area contributed by atoms with Crippen molar-refractivity contribution in [1.82, 2.24) is 0 Å². The Balaban J connectivity index is 1.38. The second-order valence-corrected chi connectivity index (χ2v) is 10.9. The summed E-state index contributed by atoms with van der Waals surface area (Å²) in [6.45, 7) is 7.12. The molecule has 36 heavy (non-hydrogen) atoms. The first kappa shape index (κ1) is 26.6. The van der Waals surface area contributed by atoms with Gasteiger partial charge in [0.25, 0.3) is 0 Å². The Hall–Kier alpha value is -2.42. The number of fused-ring (bicyclic) bond motifs is 1. The standard InChI is InChI=1S/C34H44O2/c1-4-5-6-7-26-8-9-33-22-32(19-18-31(33)21-26)29-14-10-27(11-15-29)28-12-16-30(17-13-28)34(24-36-3)20-25(2)23-35/h8-11,14-15,18-19,21-22,28,30,34-35H,2,4-7,12-13,16-17,20,23-24H2,1,3H3. The number of benzene rings is 3. The van der Waals surface area contributed by atoms with Gasteiger partial charge in [-0.05, 0) is 102 Å². The summed E-state index contributed by atoms with van der Waals surface area (Å²) in [6.07, 6.45) is 10.8. The molecule has 1 saturated carbocycles. The van der Waals surface area contributed by atoms with E-state index in [-0.39, 0.29) is 6.61 Å². The summed E-state index contributed by atoms with van der Waals surface area (Å²) >= 11 is 0. The number of methoxy groups -OCH3 is 1. The molecule has 3 aromatic carbocycles. The highest BCUT2D eigenvalue weighted by atomic mass is 16.5. The maximum atomic E-state index is 9.40. The van der Waals surface area contributed by atoms with Gasteiger partial charge in [0.1, 0.15) is 0 Å². The van der Waals surface area contributed by atoms with E-state index in [1.165, 1.54) is 84.4 Å². The van der Waals surface area contributed by atoms with Crippen LogP contribution >= 0.6 is 0 Å². The predicted molar refractivity (Wildman–Crippen MR) is 154 cm³/mol. The van der Waals surface area contributed by atoms with Crippen molar-refractivity contribution in [3.05, 3.63) is 83.9 Å². The molecule has 0 aromatic heterocycles. The van der Waals surface area contributed by atoms with E-state index in [4.69, 9.17) is 4.74 Å². The lowest BCUT2D eigenvalue weighted by molar-refractivity contribution is 0.0992. The lowest BCUT2D eigenvalue weighted by atomic mass is 9.72. The Bertz CT molecular complexity index is 1110. The summed E-state index contributed by atoms with van der Waals surface area (Å²) in [5.74, 6) is 1.77. The predicted octanol–water partition coefficient (Wildman–Crippen LogP) is 8.71. The number of rotatable bonds is 12. The van der Waals surface area contributed by atoms with E-state index < -0.39 is 0 Å². The highest BCUT2D eigenvalue weighted by Gasteiger charge is 2.28. The Morgan fingerprint density at radius 1 is 0.917 bits per heavy atom. The first-order valence-electron chi connectivity index (χ1n) is 14.0. The zero-order valence-electron chi connectivity index (χ0n) is 22.3. The molecule has 0 saturated heterocycles. The third-order valence-corrected chi connectivity index (χ3v) is 8.28. The van der Waals surface area contributed by atoms with E-state index in [1.807, 2.05) is 0 Å². The van der Waals surface area contributed by atoms with Crippen molar-refractivity contribution in [2.45, 2.75) is 70.6 Å². The first-order chi connectivity index (χ1) is 17.6. The van der Waals surface area contributed by atoms with E-state index >= 15 is 0 Å². The molecule has 3 aromatic rings. The molecular weight excluding hydrogens is 440 g/mol. The van der Waals surface area contributed by atoms with E-state index in [0.717, 1.165) is 18.6 Å². The fourth-order valence-corrected chi connectivity index (χ4v) is 6.09. The smallest absolute Gasteiger partial charge is 0.0639 e. The Morgan fingerprint density at radius 3 is 2.31 bits per heavy atom. The van der Waals surface area contributed by atoms with E-state index in [2.05, 4.69) is 74.2 Å².